The van der Waals surface area contributed by atoms with Crippen LogP contribution in [0.5, 0.6) is 0 Å². The van der Waals surface area contributed by atoms with Crippen LogP contribution in [0.3, 0.4) is 0 Å². The van der Waals surface area contributed by atoms with Gasteiger partial charge in [0.15, 0.2) is 0 Å². The molecule has 1 heterocycles. The summed E-state index contributed by atoms with van der Waals surface area (Å²) in [6, 6.07) is 12.8. The lowest BCUT2D eigenvalue weighted by molar-refractivity contribution is 0.300. The number of nitrogens with zero attached hydrogens (tertiary/aromatic N) is 1. The second-order valence-electron chi connectivity index (χ2n) is 6.07. The smallest absolute Gasteiger partial charge is 0.126 e. The Labute approximate surface area is 152 Å². The predicted molar refractivity (Wildman–Crippen MR) is 99.3 cm³/mol. The highest BCUT2D eigenvalue weighted by Gasteiger charge is 2.13. The molecular formula is C20H20ClFN2O. The molecule has 2 N–H and O–H groups in total. The highest BCUT2D eigenvalue weighted by Crippen LogP contribution is 2.21. The predicted octanol–water partition coefficient (Wildman–Crippen LogP) is 4.07. The van der Waals surface area contributed by atoms with E-state index in [4.69, 9.17) is 11.6 Å². The fraction of sp³-hybridized carbons (Fsp3) is 0.200. The Morgan fingerprint density at radius 2 is 1.92 bits per heavy atom. The number of nitrogens with one attached hydrogen (secondary N) is 1. The van der Waals surface area contributed by atoms with E-state index in [-0.39, 0.29) is 12.4 Å². The van der Waals surface area contributed by atoms with Crippen molar-refractivity contribution in [1.82, 2.24) is 10.4 Å². The molecular weight excluding hydrogens is 339 g/mol. The Bertz CT molecular complexity index is 815. The molecule has 3 rings (SSSR count). The molecule has 0 bridgehead atoms. The SMILES string of the molecule is Cc1cc(C2=CC(CO)=CN(CCc3ccc(Cl)cc3)N2)ccc1F. The van der Waals surface area contributed by atoms with Crippen LogP contribution < -0.4 is 5.43 Å². The molecule has 0 amide bonds. The molecule has 2 aromatic rings. The minimum Gasteiger partial charge on any atom is -0.392 e. The number of hydrogen-bond acceptors (Lipinski definition) is 3. The summed E-state index contributed by atoms with van der Waals surface area (Å²) in [6.07, 6.45) is 4.59. The first-order valence-corrected chi connectivity index (χ1v) is 8.50. The van der Waals surface area contributed by atoms with Crippen molar-refractivity contribution < 1.29 is 9.50 Å². The van der Waals surface area contributed by atoms with E-state index in [1.54, 1.807) is 19.1 Å². The van der Waals surface area contributed by atoms with E-state index in [0.29, 0.717) is 5.56 Å². The van der Waals surface area contributed by atoms with Crippen LogP contribution in [-0.4, -0.2) is 23.3 Å². The minimum absolute atomic E-state index is 0.0528. The number of rotatable bonds is 5. The van der Waals surface area contributed by atoms with Gasteiger partial charge >= 0.3 is 0 Å². The van der Waals surface area contributed by atoms with Crippen LogP contribution in [0.15, 0.2) is 60.3 Å². The number of aliphatic hydroxyl groups is 1. The monoisotopic (exact) mass is 358 g/mol. The molecule has 1 aliphatic heterocycles. The van der Waals surface area contributed by atoms with Crippen molar-refractivity contribution in [3.05, 3.63) is 87.8 Å². The summed E-state index contributed by atoms with van der Waals surface area (Å²) in [5, 5.41) is 12.2. The van der Waals surface area contributed by atoms with Crippen molar-refractivity contribution in [1.29, 1.82) is 0 Å². The second kappa shape index (κ2) is 7.72. The molecule has 0 atom stereocenters. The molecule has 0 unspecified atom stereocenters. The third kappa shape index (κ3) is 4.41. The van der Waals surface area contributed by atoms with Crippen LogP contribution in [-0.2, 0) is 6.42 Å². The van der Waals surface area contributed by atoms with E-state index in [2.05, 4.69) is 5.43 Å². The van der Waals surface area contributed by atoms with E-state index in [9.17, 15) is 9.50 Å². The maximum atomic E-state index is 13.5. The Morgan fingerprint density at radius 3 is 2.60 bits per heavy atom. The first kappa shape index (κ1) is 17.5. The molecule has 0 aromatic heterocycles. The Kier molecular flexibility index (Phi) is 5.41. The molecule has 25 heavy (non-hydrogen) atoms. The van der Waals surface area contributed by atoms with Gasteiger partial charge in [0, 0.05) is 17.8 Å². The van der Waals surface area contributed by atoms with E-state index in [1.807, 2.05) is 41.6 Å². The molecule has 3 nitrogen and oxygen atoms in total. The zero-order valence-electron chi connectivity index (χ0n) is 14.0. The van der Waals surface area contributed by atoms with Crippen LogP contribution >= 0.6 is 11.6 Å². The fourth-order valence-corrected chi connectivity index (χ4v) is 2.84. The summed E-state index contributed by atoms with van der Waals surface area (Å²) >= 11 is 5.92. The Hall–Kier alpha value is -2.30. The lowest BCUT2D eigenvalue weighted by Gasteiger charge is -2.29. The zero-order valence-corrected chi connectivity index (χ0v) is 14.7. The van der Waals surface area contributed by atoms with Crippen LogP contribution in [0.2, 0.25) is 5.02 Å². The maximum absolute atomic E-state index is 13.5. The number of hydrogen-bond donors (Lipinski definition) is 2. The molecule has 0 radical (unpaired) electrons. The normalized spacial score (nSPS) is 14.0. The third-order valence-electron chi connectivity index (χ3n) is 4.12. The topological polar surface area (TPSA) is 35.5 Å². The molecule has 0 saturated heterocycles. The van der Waals surface area contributed by atoms with E-state index >= 15 is 0 Å². The first-order valence-electron chi connectivity index (χ1n) is 8.12. The number of benzene rings is 2. The molecule has 130 valence electrons. The lowest BCUT2D eigenvalue weighted by atomic mass is 10.1. The highest BCUT2D eigenvalue weighted by molar-refractivity contribution is 6.30. The average molecular weight is 359 g/mol. The summed E-state index contributed by atoms with van der Waals surface area (Å²) in [5.74, 6) is -0.224. The summed E-state index contributed by atoms with van der Waals surface area (Å²) in [4.78, 5) is 0. The van der Waals surface area contributed by atoms with Crippen molar-refractivity contribution in [2.75, 3.05) is 13.2 Å². The number of halogens is 2. The molecule has 2 aromatic carbocycles. The van der Waals surface area contributed by atoms with Crippen molar-refractivity contribution in [2.45, 2.75) is 13.3 Å². The fourth-order valence-electron chi connectivity index (χ4n) is 2.71. The molecule has 1 aliphatic rings. The van der Waals surface area contributed by atoms with Gasteiger partial charge in [0.2, 0.25) is 0 Å². The Balaban J connectivity index is 1.74. The van der Waals surface area contributed by atoms with Gasteiger partial charge in [-0.05, 0) is 72.0 Å². The van der Waals surface area contributed by atoms with Gasteiger partial charge in [0.1, 0.15) is 5.82 Å². The molecule has 5 heteroatoms. The van der Waals surface area contributed by atoms with Gasteiger partial charge in [-0.25, -0.2) is 4.39 Å². The van der Waals surface area contributed by atoms with Gasteiger partial charge < -0.3 is 5.11 Å². The minimum atomic E-state index is -0.224. The molecule has 0 aliphatic carbocycles. The third-order valence-corrected chi connectivity index (χ3v) is 4.37. The van der Waals surface area contributed by atoms with Crippen LogP contribution in [0.4, 0.5) is 4.39 Å². The van der Waals surface area contributed by atoms with Gasteiger partial charge in [-0.2, -0.15) is 0 Å². The van der Waals surface area contributed by atoms with Crippen molar-refractivity contribution in [3.8, 4) is 0 Å². The van der Waals surface area contributed by atoms with Crippen molar-refractivity contribution in [2.24, 2.45) is 0 Å². The first-order chi connectivity index (χ1) is 12.0. The van der Waals surface area contributed by atoms with E-state index < -0.39 is 0 Å². The van der Waals surface area contributed by atoms with Gasteiger partial charge in [-0.1, -0.05) is 23.7 Å². The van der Waals surface area contributed by atoms with Crippen LogP contribution in [0.25, 0.3) is 5.70 Å². The highest BCUT2D eigenvalue weighted by atomic mass is 35.5. The second-order valence-corrected chi connectivity index (χ2v) is 6.50. The van der Waals surface area contributed by atoms with Gasteiger partial charge in [0.05, 0.1) is 12.3 Å². The number of aryl methyl sites for hydroxylation is 1. The standard InChI is InChI=1S/C20H20ClFN2O/c1-14-10-17(4-7-19(14)22)20-11-16(13-25)12-24(23-20)9-8-15-2-5-18(21)6-3-15/h2-7,10-12,23,25H,8-9,13H2,1H3. The molecule has 0 spiro atoms. The van der Waals surface area contributed by atoms with Crippen LogP contribution in [0, 0.1) is 12.7 Å². The Morgan fingerprint density at radius 1 is 1.16 bits per heavy atom. The lowest BCUT2D eigenvalue weighted by Crippen LogP contribution is -2.36. The van der Waals surface area contributed by atoms with Crippen LogP contribution in [0.1, 0.15) is 16.7 Å². The van der Waals surface area contributed by atoms with Gasteiger partial charge in [-0.15, -0.1) is 0 Å². The summed E-state index contributed by atoms with van der Waals surface area (Å²) in [7, 11) is 0. The van der Waals surface area contributed by atoms with Crippen molar-refractivity contribution in [3.63, 3.8) is 0 Å². The van der Waals surface area contributed by atoms with Gasteiger partial charge in [0.25, 0.3) is 0 Å². The molecule has 0 fully saturated rings. The number of aliphatic hydroxyl groups excluding tert-OH is 1. The maximum Gasteiger partial charge on any atom is 0.126 e. The summed E-state index contributed by atoms with van der Waals surface area (Å²) in [5.41, 5.74) is 7.61. The zero-order chi connectivity index (χ0) is 17.8. The largest absolute Gasteiger partial charge is 0.392 e. The van der Waals surface area contributed by atoms with Crippen molar-refractivity contribution >= 4 is 17.3 Å². The van der Waals surface area contributed by atoms with Gasteiger partial charge in [-0.3, -0.25) is 10.4 Å². The summed E-state index contributed by atoms with van der Waals surface area (Å²) in [6.45, 7) is 2.41. The summed E-state index contributed by atoms with van der Waals surface area (Å²) < 4.78 is 13.5. The van der Waals surface area contributed by atoms with E-state index in [1.165, 1.54) is 11.6 Å². The number of hydrazine groups is 1. The quantitative estimate of drug-likeness (QED) is 0.845. The van der Waals surface area contributed by atoms with E-state index in [0.717, 1.165) is 34.8 Å². The average Bonchev–Trinajstić information content (AvgIpc) is 2.63. The molecule has 0 saturated carbocycles.